The zero-order valence-corrected chi connectivity index (χ0v) is 24.5. The molecule has 3 N–H and O–H groups in total. The summed E-state index contributed by atoms with van der Waals surface area (Å²) in [4.78, 5) is 47.2. The van der Waals surface area contributed by atoms with Gasteiger partial charge in [-0.15, -0.1) is 11.3 Å². The zero-order valence-electron chi connectivity index (χ0n) is 23.7. The van der Waals surface area contributed by atoms with Crippen molar-refractivity contribution in [3.05, 3.63) is 98.2 Å². The van der Waals surface area contributed by atoms with Crippen LogP contribution in [-0.2, 0) is 12.8 Å². The van der Waals surface area contributed by atoms with E-state index >= 15 is 0 Å². The van der Waals surface area contributed by atoms with Gasteiger partial charge in [0.05, 0.1) is 16.5 Å². The lowest BCUT2D eigenvalue weighted by Gasteiger charge is -2.26. The first kappa shape index (κ1) is 27.3. The molecule has 10 heteroatoms. The normalized spacial score (nSPS) is 15.3. The maximum absolute atomic E-state index is 14.0. The zero-order chi connectivity index (χ0) is 29.5. The molecule has 218 valence electrons. The first-order valence-corrected chi connectivity index (χ1v) is 15.7. The smallest absolute Gasteiger partial charge is 0.267 e. The Hall–Kier alpha value is -4.57. The molecule has 2 amide bonds. The van der Waals surface area contributed by atoms with Crippen LogP contribution in [0.1, 0.15) is 82.1 Å². The molecule has 1 aromatic carbocycles. The Labute approximate surface area is 251 Å². The first-order chi connectivity index (χ1) is 21.0. The molecule has 1 fully saturated rings. The van der Waals surface area contributed by atoms with E-state index < -0.39 is 5.91 Å². The van der Waals surface area contributed by atoms with Crippen molar-refractivity contribution in [2.45, 2.75) is 63.8 Å². The number of rotatable bonds is 5. The molecular weight excluding hydrogens is 560 g/mol. The predicted octanol–water partition coefficient (Wildman–Crippen LogP) is 6.08. The molecule has 0 bridgehead atoms. The number of para-hydroxylation sites is 1. The molecule has 9 nitrogen and oxygen atoms in total. The van der Waals surface area contributed by atoms with Crippen molar-refractivity contribution in [2.24, 2.45) is 0 Å². The number of aryl methyl sites for hydroxylation is 1. The van der Waals surface area contributed by atoms with Gasteiger partial charge in [-0.3, -0.25) is 24.2 Å². The van der Waals surface area contributed by atoms with Crippen LogP contribution in [0, 0.1) is 5.41 Å². The number of pyridine rings is 2. The van der Waals surface area contributed by atoms with Crippen molar-refractivity contribution in [3.63, 3.8) is 0 Å². The van der Waals surface area contributed by atoms with E-state index in [0.717, 1.165) is 68.2 Å². The molecule has 1 saturated carbocycles. The standard InChI is InChI=1S/C33H32N6O3S/c34-28-23(19-24-29(39(28)21-13-5-2-6-14-21)36-26-17-9-10-18-38(26)33(24)42)30(40)37-32-27(22-15-7-8-16-25(22)43-32)31(41)35-20-11-3-1-4-12-20/h1,3-4,9-12,17-19,21,34H,2,5-8,13-16H2,(H,35,41)(H,37,40). The van der Waals surface area contributed by atoms with Crippen molar-refractivity contribution < 1.29 is 9.59 Å². The van der Waals surface area contributed by atoms with Gasteiger partial charge in [-0.25, -0.2) is 4.98 Å². The third-order valence-electron chi connectivity index (χ3n) is 8.60. The van der Waals surface area contributed by atoms with Crippen LogP contribution in [0.2, 0.25) is 0 Å². The SMILES string of the molecule is N=c1c(C(=O)Nc2sc3c(c2C(=O)Nc2ccccc2)CCCC3)cc2c(=O)n3ccccc3nc2n1C1CCCCC1. The number of aromatic nitrogens is 3. The summed E-state index contributed by atoms with van der Waals surface area (Å²) < 4.78 is 3.26. The maximum atomic E-state index is 14.0. The molecule has 4 aromatic heterocycles. The largest absolute Gasteiger partial charge is 0.322 e. The summed E-state index contributed by atoms with van der Waals surface area (Å²) in [5.41, 5.74) is 2.91. The van der Waals surface area contributed by atoms with Crippen LogP contribution in [0.3, 0.4) is 0 Å². The van der Waals surface area contributed by atoms with Crippen LogP contribution in [0.5, 0.6) is 0 Å². The van der Waals surface area contributed by atoms with E-state index in [1.807, 2.05) is 36.4 Å². The number of nitrogens with one attached hydrogen (secondary N) is 3. The fourth-order valence-corrected chi connectivity index (χ4v) is 7.78. The fourth-order valence-electron chi connectivity index (χ4n) is 6.50. The Kier molecular flexibility index (Phi) is 7.14. The fraction of sp³-hybridized carbons (Fsp3) is 0.303. The van der Waals surface area contributed by atoms with Crippen LogP contribution in [-0.4, -0.2) is 25.8 Å². The quantitative estimate of drug-likeness (QED) is 0.214. The lowest BCUT2D eigenvalue weighted by molar-refractivity contribution is 0.102. The third kappa shape index (κ3) is 4.95. The highest BCUT2D eigenvalue weighted by atomic mass is 32.1. The molecule has 0 unspecified atom stereocenters. The van der Waals surface area contributed by atoms with Gasteiger partial charge in [0.15, 0.2) is 0 Å². The van der Waals surface area contributed by atoms with Gasteiger partial charge in [-0.2, -0.15) is 0 Å². The van der Waals surface area contributed by atoms with Gasteiger partial charge in [-0.1, -0.05) is 43.5 Å². The number of hydrogen-bond donors (Lipinski definition) is 3. The van der Waals surface area contributed by atoms with Gasteiger partial charge in [0, 0.05) is 22.8 Å². The van der Waals surface area contributed by atoms with Gasteiger partial charge in [0.2, 0.25) is 0 Å². The maximum Gasteiger partial charge on any atom is 0.267 e. The number of amides is 2. The Morgan fingerprint density at radius 2 is 1.67 bits per heavy atom. The molecule has 0 spiro atoms. The van der Waals surface area contributed by atoms with E-state index in [-0.39, 0.29) is 28.6 Å². The first-order valence-electron chi connectivity index (χ1n) is 14.9. The molecule has 0 radical (unpaired) electrons. The highest BCUT2D eigenvalue weighted by molar-refractivity contribution is 7.17. The van der Waals surface area contributed by atoms with Crippen molar-refractivity contribution in [1.82, 2.24) is 14.0 Å². The van der Waals surface area contributed by atoms with Crippen LogP contribution < -0.4 is 21.7 Å². The second-order valence-corrected chi connectivity index (χ2v) is 12.4. The summed E-state index contributed by atoms with van der Waals surface area (Å²) in [6, 6.07) is 16.1. The van der Waals surface area contributed by atoms with Crippen molar-refractivity contribution in [3.8, 4) is 0 Å². The number of nitrogens with zero attached hydrogens (tertiary/aromatic N) is 3. The minimum Gasteiger partial charge on any atom is -0.322 e. The lowest BCUT2D eigenvalue weighted by Crippen LogP contribution is -2.35. The van der Waals surface area contributed by atoms with Gasteiger partial charge in [-0.05, 0) is 74.4 Å². The average molecular weight is 593 g/mol. The predicted molar refractivity (Wildman–Crippen MR) is 168 cm³/mol. The lowest BCUT2D eigenvalue weighted by atomic mass is 9.94. The molecule has 0 atom stereocenters. The molecular formula is C33H32N6O3S. The van der Waals surface area contributed by atoms with E-state index in [4.69, 9.17) is 4.98 Å². The van der Waals surface area contributed by atoms with E-state index in [1.54, 1.807) is 22.9 Å². The summed E-state index contributed by atoms with van der Waals surface area (Å²) in [7, 11) is 0. The number of benzene rings is 1. The third-order valence-corrected chi connectivity index (χ3v) is 9.81. The summed E-state index contributed by atoms with van der Waals surface area (Å²) >= 11 is 1.43. The Bertz CT molecular complexity index is 2000. The molecule has 0 aliphatic heterocycles. The number of hydrogen-bond acceptors (Lipinski definition) is 6. The number of fused-ring (bicyclic) bond motifs is 3. The molecule has 2 aliphatic rings. The second-order valence-electron chi connectivity index (χ2n) is 11.3. The van der Waals surface area contributed by atoms with E-state index in [1.165, 1.54) is 21.8 Å². The summed E-state index contributed by atoms with van der Waals surface area (Å²) in [5, 5.41) is 16.0. The van der Waals surface area contributed by atoms with E-state index in [2.05, 4.69) is 10.6 Å². The summed E-state index contributed by atoms with van der Waals surface area (Å²) in [5.74, 6) is -0.780. The van der Waals surface area contributed by atoms with Gasteiger partial charge in [0.25, 0.3) is 17.4 Å². The second kappa shape index (κ2) is 11.3. The van der Waals surface area contributed by atoms with Gasteiger partial charge in [0.1, 0.15) is 21.8 Å². The Balaban J connectivity index is 1.34. The van der Waals surface area contributed by atoms with E-state index in [0.29, 0.717) is 32.9 Å². The molecule has 5 aromatic rings. The molecule has 4 heterocycles. The minimum atomic E-state index is -0.513. The molecule has 43 heavy (non-hydrogen) atoms. The number of thiophene rings is 1. The van der Waals surface area contributed by atoms with Crippen molar-refractivity contribution in [1.29, 1.82) is 5.41 Å². The number of carbonyl (C=O) groups excluding carboxylic acids is 2. The van der Waals surface area contributed by atoms with Crippen molar-refractivity contribution >= 4 is 50.5 Å². The Morgan fingerprint density at radius 1 is 0.907 bits per heavy atom. The number of carbonyl (C=O) groups is 2. The van der Waals surface area contributed by atoms with Gasteiger partial charge < -0.3 is 15.2 Å². The number of anilines is 2. The monoisotopic (exact) mass is 592 g/mol. The van der Waals surface area contributed by atoms with Crippen molar-refractivity contribution in [2.75, 3.05) is 10.6 Å². The summed E-state index contributed by atoms with van der Waals surface area (Å²) in [6.07, 6.45) is 10.2. The molecule has 0 saturated heterocycles. The topological polar surface area (TPSA) is 121 Å². The minimum absolute atomic E-state index is 0.0284. The van der Waals surface area contributed by atoms with Crippen LogP contribution >= 0.6 is 11.3 Å². The molecule has 7 rings (SSSR count). The highest BCUT2D eigenvalue weighted by Gasteiger charge is 2.28. The van der Waals surface area contributed by atoms with Crippen LogP contribution in [0.15, 0.2) is 65.6 Å². The van der Waals surface area contributed by atoms with Gasteiger partial charge >= 0.3 is 0 Å². The van der Waals surface area contributed by atoms with Crippen LogP contribution in [0.4, 0.5) is 10.7 Å². The van der Waals surface area contributed by atoms with E-state index in [9.17, 15) is 19.8 Å². The Morgan fingerprint density at radius 3 is 2.49 bits per heavy atom. The molecule has 2 aliphatic carbocycles. The van der Waals surface area contributed by atoms with Crippen LogP contribution in [0.25, 0.3) is 16.7 Å². The highest BCUT2D eigenvalue weighted by Crippen LogP contribution is 2.39. The summed E-state index contributed by atoms with van der Waals surface area (Å²) in [6.45, 7) is 0. The average Bonchev–Trinajstić information content (AvgIpc) is 3.40.